The average molecular weight is 285 g/mol. The molecule has 0 aliphatic carbocycles. The number of hydrogen-bond acceptors (Lipinski definition) is 3. The van der Waals surface area contributed by atoms with E-state index in [0.29, 0.717) is 24.3 Å². The van der Waals surface area contributed by atoms with E-state index in [4.69, 9.17) is 4.74 Å². The van der Waals surface area contributed by atoms with E-state index in [9.17, 15) is 4.39 Å². The molecule has 0 saturated carbocycles. The van der Waals surface area contributed by atoms with Crippen LogP contribution in [0.1, 0.15) is 26.3 Å². The van der Waals surface area contributed by atoms with Crippen molar-refractivity contribution in [2.75, 3.05) is 20.3 Å². The lowest BCUT2D eigenvalue weighted by molar-refractivity contribution is 0.199. The zero-order chi connectivity index (χ0) is 14.3. The van der Waals surface area contributed by atoms with Crippen LogP contribution in [0, 0.1) is 11.7 Å². The van der Waals surface area contributed by atoms with Gasteiger partial charge in [0.1, 0.15) is 5.82 Å². The Balaban J connectivity index is 2.54. The molecule has 19 heavy (non-hydrogen) atoms. The fourth-order valence-electron chi connectivity index (χ4n) is 1.49. The molecule has 0 amide bonds. The fourth-order valence-corrected chi connectivity index (χ4v) is 2.48. The first kappa shape index (κ1) is 16.5. The van der Waals surface area contributed by atoms with Crippen molar-refractivity contribution in [3.8, 4) is 0 Å². The topological polar surface area (TPSA) is 21.3 Å². The molecule has 0 aromatic heterocycles. The second-order valence-corrected chi connectivity index (χ2v) is 6.42. The number of benzene rings is 1. The molecule has 0 heterocycles. The van der Waals surface area contributed by atoms with E-state index in [1.165, 1.54) is 0 Å². The van der Waals surface area contributed by atoms with Crippen LogP contribution in [0.4, 0.5) is 4.39 Å². The van der Waals surface area contributed by atoms with Gasteiger partial charge in [-0.3, -0.25) is 0 Å². The summed E-state index contributed by atoms with van der Waals surface area (Å²) in [6.45, 7) is 8.56. The Morgan fingerprint density at radius 1 is 1.32 bits per heavy atom. The van der Waals surface area contributed by atoms with Crippen LogP contribution in [0.25, 0.3) is 0 Å². The lowest BCUT2D eigenvalue weighted by Crippen LogP contribution is -2.18. The molecule has 0 aliphatic rings. The number of ether oxygens (including phenoxy) is 1. The van der Waals surface area contributed by atoms with Crippen LogP contribution < -0.4 is 5.32 Å². The van der Waals surface area contributed by atoms with Gasteiger partial charge in [-0.1, -0.05) is 26.8 Å². The molecular weight excluding hydrogens is 261 g/mol. The molecule has 0 spiro atoms. The third kappa shape index (κ3) is 5.93. The van der Waals surface area contributed by atoms with Crippen LogP contribution >= 0.6 is 11.8 Å². The molecule has 1 rings (SSSR count). The Morgan fingerprint density at radius 3 is 2.63 bits per heavy atom. The zero-order valence-electron chi connectivity index (χ0n) is 12.2. The van der Waals surface area contributed by atoms with E-state index in [-0.39, 0.29) is 5.82 Å². The second-order valence-electron chi connectivity index (χ2n) is 5.00. The van der Waals surface area contributed by atoms with Crippen LogP contribution in [0.5, 0.6) is 0 Å². The third-order valence-electron chi connectivity index (χ3n) is 3.06. The number of nitrogens with one attached hydrogen (secondary N) is 1. The summed E-state index contributed by atoms with van der Waals surface area (Å²) >= 11 is 1.60. The quantitative estimate of drug-likeness (QED) is 0.581. The predicted octanol–water partition coefficient (Wildman–Crippen LogP) is 3.70. The fraction of sp³-hybridized carbons (Fsp3) is 0.600. The summed E-state index contributed by atoms with van der Waals surface area (Å²) in [5.74, 6) is 0.420. The standard InChI is InChI=1S/C15H24FNOS/c1-11(2)12(3)19-15-6-5-13(9-14(15)16)10-17-7-8-18-4/h5-6,9,11-12,17H,7-8,10H2,1-4H3. The first-order valence-corrected chi connectivity index (χ1v) is 7.57. The van der Waals surface area contributed by atoms with Crippen molar-refractivity contribution in [2.45, 2.75) is 37.5 Å². The van der Waals surface area contributed by atoms with Crippen molar-refractivity contribution in [1.82, 2.24) is 5.32 Å². The third-order valence-corrected chi connectivity index (χ3v) is 4.56. The summed E-state index contributed by atoms with van der Waals surface area (Å²) < 4.78 is 18.9. The minimum Gasteiger partial charge on any atom is -0.383 e. The summed E-state index contributed by atoms with van der Waals surface area (Å²) in [4.78, 5) is 0.738. The summed E-state index contributed by atoms with van der Waals surface area (Å²) in [6, 6.07) is 5.49. The van der Waals surface area contributed by atoms with Gasteiger partial charge in [-0.05, 0) is 23.6 Å². The number of methoxy groups -OCH3 is 1. The molecule has 1 aromatic rings. The number of halogens is 1. The van der Waals surface area contributed by atoms with E-state index in [2.05, 4.69) is 26.1 Å². The number of rotatable bonds is 8. The lowest BCUT2D eigenvalue weighted by atomic mass is 10.2. The Bertz CT molecular complexity index is 384. The van der Waals surface area contributed by atoms with Crippen molar-refractivity contribution in [3.63, 3.8) is 0 Å². The first-order valence-electron chi connectivity index (χ1n) is 6.69. The van der Waals surface area contributed by atoms with Crippen LogP contribution in [-0.2, 0) is 11.3 Å². The van der Waals surface area contributed by atoms with Crippen molar-refractivity contribution in [3.05, 3.63) is 29.6 Å². The van der Waals surface area contributed by atoms with Gasteiger partial charge in [0.15, 0.2) is 0 Å². The van der Waals surface area contributed by atoms with Gasteiger partial charge in [0.2, 0.25) is 0 Å². The molecule has 1 unspecified atom stereocenters. The Hall–Kier alpha value is -0.580. The normalized spacial score (nSPS) is 12.9. The maximum absolute atomic E-state index is 14.0. The molecule has 1 aromatic carbocycles. The summed E-state index contributed by atoms with van der Waals surface area (Å²) in [5, 5.41) is 3.63. The Morgan fingerprint density at radius 2 is 2.05 bits per heavy atom. The highest BCUT2D eigenvalue weighted by Gasteiger charge is 2.12. The van der Waals surface area contributed by atoms with Crippen molar-refractivity contribution >= 4 is 11.8 Å². The van der Waals surface area contributed by atoms with Gasteiger partial charge in [-0.2, -0.15) is 0 Å². The van der Waals surface area contributed by atoms with E-state index in [1.807, 2.05) is 12.1 Å². The number of hydrogen-bond donors (Lipinski definition) is 1. The summed E-state index contributed by atoms with van der Waals surface area (Å²) in [7, 11) is 1.67. The van der Waals surface area contributed by atoms with Crippen LogP contribution in [0.2, 0.25) is 0 Å². The van der Waals surface area contributed by atoms with E-state index < -0.39 is 0 Å². The van der Waals surface area contributed by atoms with Crippen LogP contribution in [0.3, 0.4) is 0 Å². The molecule has 4 heteroatoms. The lowest BCUT2D eigenvalue weighted by Gasteiger charge is -2.15. The van der Waals surface area contributed by atoms with Gasteiger partial charge in [0.25, 0.3) is 0 Å². The van der Waals surface area contributed by atoms with Gasteiger partial charge in [0.05, 0.1) is 6.61 Å². The van der Waals surface area contributed by atoms with E-state index in [0.717, 1.165) is 17.0 Å². The molecule has 0 saturated heterocycles. The molecule has 0 fully saturated rings. The van der Waals surface area contributed by atoms with E-state index in [1.54, 1.807) is 24.9 Å². The van der Waals surface area contributed by atoms with Gasteiger partial charge >= 0.3 is 0 Å². The van der Waals surface area contributed by atoms with Gasteiger partial charge in [-0.15, -0.1) is 11.8 Å². The first-order chi connectivity index (χ1) is 9.04. The largest absolute Gasteiger partial charge is 0.383 e. The highest BCUT2D eigenvalue weighted by atomic mass is 32.2. The van der Waals surface area contributed by atoms with Crippen LogP contribution in [0.15, 0.2) is 23.1 Å². The maximum atomic E-state index is 14.0. The van der Waals surface area contributed by atoms with Crippen LogP contribution in [-0.4, -0.2) is 25.5 Å². The van der Waals surface area contributed by atoms with Gasteiger partial charge in [0, 0.05) is 30.3 Å². The second kappa shape index (κ2) is 8.56. The molecule has 0 radical (unpaired) electrons. The zero-order valence-corrected chi connectivity index (χ0v) is 13.0. The maximum Gasteiger partial charge on any atom is 0.137 e. The molecule has 1 atom stereocenters. The molecule has 0 aliphatic heterocycles. The molecular formula is C15H24FNOS. The van der Waals surface area contributed by atoms with Crippen molar-refractivity contribution in [2.24, 2.45) is 5.92 Å². The minimum atomic E-state index is -0.122. The molecule has 1 N–H and O–H groups in total. The average Bonchev–Trinajstić information content (AvgIpc) is 2.37. The van der Waals surface area contributed by atoms with Gasteiger partial charge in [-0.25, -0.2) is 4.39 Å². The predicted molar refractivity (Wildman–Crippen MR) is 80.1 cm³/mol. The Kier molecular flexibility index (Phi) is 7.42. The minimum absolute atomic E-state index is 0.122. The highest BCUT2D eigenvalue weighted by Crippen LogP contribution is 2.30. The number of thioether (sulfide) groups is 1. The molecule has 108 valence electrons. The van der Waals surface area contributed by atoms with E-state index >= 15 is 0 Å². The smallest absolute Gasteiger partial charge is 0.137 e. The Labute approximate surface area is 120 Å². The monoisotopic (exact) mass is 285 g/mol. The SMILES string of the molecule is COCCNCc1ccc(SC(C)C(C)C)c(F)c1. The summed E-state index contributed by atoms with van der Waals surface area (Å²) in [6.07, 6.45) is 0. The van der Waals surface area contributed by atoms with Crippen molar-refractivity contribution < 1.29 is 9.13 Å². The molecule has 2 nitrogen and oxygen atoms in total. The van der Waals surface area contributed by atoms with Crippen molar-refractivity contribution in [1.29, 1.82) is 0 Å². The highest BCUT2D eigenvalue weighted by molar-refractivity contribution is 8.00. The molecule has 0 bridgehead atoms. The van der Waals surface area contributed by atoms with Gasteiger partial charge < -0.3 is 10.1 Å². The summed E-state index contributed by atoms with van der Waals surface area (Å²) in [5.41, 5.74) is 0.968.